The summed E-state index contributed by atoms with van der Waals surface area (Å²) in [6, 6.07) is 5.71. The number of rotatable bonds is 4. The van der Waals surface area contributed by atoms with E-state index in [4.69, 9.17) is 22.7 Å². The molecule has 1 atom stereocenters. The molecule has 21 heavy (non-hydrogen) atoms. The highest BCUT2D eigenvalue weighted by Gasteiger charge is 2.28. The second-order valence-electron chi connectivity index (χ2n) is 5.18. The summed E-state index contributed by atoms with van der Waals surface area (Å²) in [7, 11) is 1.65. The molecular formula is C15H21N3O2S. The van der Waals surface area contributed by atoms with Crippen molar-refractivity contribution < 1.29 is 9.53 Å². The monoisotopic (exact) mass is 307 g/mol. The maximum Gasteiger partial charge on any atom is 0.239 e. The van der Waals surface area contributed by atoms with Crippen LogP contribution in [0, 0.1) is 6.92 Å². The number of carbonyl (C=O) groups excluding carboxylic acids is 1. The van der Waals surface area contributed by atoms with Gasteiger partial charge in [-0.15, -0.1) is 0 Å². The molecule has 1 saturated heterocycles. The minimum Gasteiger partial charge on any atom is -0.389 e. The van der Waals surface area contributed by atoms with E-state index in [-0.39, 0.29) is 11.9 Å². The molecule has 1 aliphatic heterocycles. The number of ether oxygens (including phenoxy) is 1. The summed E-state index contributed by atoms with van der Waals surface area (Å²) in [5.74, 6) is -0.00731. The number of aryl methyl sites for hydroxylation is 1. The van der Waals surface area contributed by atoms with Gasteiger partial charge in [0.25, 0.3) is 0 Å². The van der Waals surface area contributed by atoms with Gasteiger partial charge in [0.15, 0.2) is 0 Å². The van der Waals surface area contributed by atoms with E-state index in [1.807, 2.05) is 25.1 Å². The van der Waals surface area contributed by atoms with Gasteiger partial charge < -0.3 is 15.8 Å². The number of benzene rings is 1. The SMILES string of the molecule is CNC(=O)C1COCCN1Cc1ccc(C(N)=S)cc1C. The third kappa shape index (κ3) is 3.78. The molecule has 1 aromatic carbocycles. The summed E-state index contributed by atoms with van der Waals surface area (Å²) < 4.78 is 5.42. The Morgan fingerprint density at radius 2 is 2.33 bits per heavy atom. The van der Waals surface area contributed by atoms with Crippen molar-refractivity contribution in [2.75, 3.05) is 26.8 Å². The highest BCUT2D eigenvalue weighted by Crippen LogP contribution is 2.17. The van der Waals surface area contributed by atoms with Gasteiger partial charge in [-0.1, -0.05) is 24.4 Å². The van der Waals surface area contributed by atoms with Crippen LogP contribution in [0.3, 0.4) is 0 Å². The molecule has 1 unspecified atom stereocenters. The van der Waals surface area contributed by atoms with Crippen molar-refractivity contribution in [3.8, 4) is 0 Å². The Morgan fingerprint density at radius 3 is 2.95 bits per heavy atom. The Kier molecular flexibility index (Phi) is 5.27. The number of nitrogens with one attached hydrogen (secondary N) is 1. The average Bonchev–Trinajstić information content (AvgIpc) is 2.49. The van der Waals surface area contributed by atoms with Crippen molar-refractivity contribution in [2.24, 2.45) is 5.73 Å². The third-order valence-electron chi connectivity index (χ3n) is 3.79. The van der Waals surface area contributed by atoms with E-state index in [9.17, 15) is 4.79 Å². The van der Waals surface area contributed by atoms with Crippen molar-refractivity contribution in [1.82, 2.24) is 10.2 Å². The molecule has 0 aromatic heterocycles. The number of hydrogen-bond acceptors (Lipinski definition) is 4. The molecule has 0 radical (unpaired) electrons. The topological polar surface area (TPSA) is 67.6 Å². The van der Waals surface area contributed by atoms with E-state index in [1.54, 1.807) is 7.05 Å². The summed E-state index contributed by atoms with van der Waals surface area (Å²) in [5.41, 5.74) is 8.82. The molecule has 3 N–H and O–H groups in total. The quantitative estimate of drug-likeness (QED) is 0.796. The second-order valence-corrected chi connectivity index (χ2v) is 5.62. The number of amides is 1. The molecule has 1 heterocycles. The van der Waals surface area contributed by atoms with Gasteiger partial charge in [0.1, 0.15) is 11.0 Å². The van der Waals surface area contributed by atoms with Crippen LogP contribution in [0.15, 0.2) is 18.2 Å². The largest absolute Gasteiger partial charge is 0.389 e. The summed E-state index contributed by atoms with van der Waals surface area (Å²) in [6.07, 6.45) is 0. The minimum atomic E-state index is -0.238. The fourth-order valence-electron chi connectivity index (χ4n) is 2.48. The highest BCUT2D eigenvalue weighted by molar-refractivity contribution is 7.80. The fraction of sp³-hybridized carbons (Fsp3) is 0.467. The molecule has 114 valence electrons. The van der Waals surface area contributed by atoms with Crippen molar-refractivity contribution in [3.05, 3.63) is 34.9 Å². The molecule has 1 fully saturated rings. The van der Waals surface area contributed by atoms with Crippen LogP contribution in [-0.2, 0) is 16.1 Å². The number of likely N-dealkylation sites (N-methyl/N-ethyl adjacent to an activating group) is 1. The molecule has 6 heteroatoms. The van der Waals surface area contributed by atoms with Crippen LogP contribution in [0.25, 0.3) is 0 Å². The van der Waals surface area contributed by atoms with Crippen LogP contribution in [-0.4, -0.2) is 48.6 Å². The molecule has 1 amide bonds. The lowest BCUT2D eigenvalue weighted by atomic mass is 10.0. The lowest BCUT2D eigenvalue weighted by Gasteiger charge is -2.34. The first-order chi connectivity index (χ1) is 10.0. The lowest BCUT2D eigenvalue weighted by Crippen LogP contribution is -2.52. The zero-order valence-corrected chi connectivity index (χ0v) is 13.2. The maximum atomic E-state index is 11.9. The van der Waals surface area contributed by atoms with Crippen molar-refractivity contribution in [1.29, 1.82) is 0 Å². The molecule has 1 aliphatic rings. The van der Waals surface area contributed by atoms with Crippen LogP contribution < -0.4 is 11.1 Å². The Morgan fingerprint density at radius 1 is 1.57 bits per heavy atom. The molecular weight excluding hydrogens is 286 g/mol. The molecule has 1 aromatic rings. The van der Waals surface area contributed by atoms with Gasteiger partial charge in [0.05, 0.1) is 13.2 Å². The van der Waals surface area contributed by atoms with Crippen molar-refractivity contribution >= 4 is 23.1 Å². The zero-order valence-electron chi connectivity index (χ0n) is 12.4. The van der Waals surface area contributed by atoms with E-state index >= 15 is 0 Å². The summed E-state index contributed by atoms with van der Waals surface area (Å²) in [4.78, 5) is 14.5. The zero-order chi connectivity index (χ0) is 15.4. The van der Waals surface area contributed by atoms with Gasteiger partial charge in [-0.3, -0.25) is 9.69 Å². The lowest BCUT2D eigenvalue weighted by molar-refractivity contribution is -0.132. The predicted octanol–water partition coefficient (Wildman–Crippen LogP) is 0.576. The van der Waals surface area contributed by atoms with Gasteiger partial charge in [-0.05, 0) is 24.1 Å². The van der Waals surface area contributed by atoms with Crippen LogP contribution in [0.1, 0.15) is 16.7 Å². The van der Waals surface area contributed by atoms with Crippen LogP contribution in [0.4, 0.5) is 0 Å². The van der Waals surface area contributed by atoms with Crippen LogP contribution in [0.5, 0.6) is 0 Å². The number of hydrogen-bond donors (Lipinski definition) is 2. The van der Waals surface area contributed by atoms with E-state index in [0.717, 1.165) is 17.7 Å². The van der Waals surface area contributed by atoms with Crippen LogP contribution in [0.2, 0.25) is 0 Å². The van der Waals surface area contributed by atoms with Gasteiger partial charge in [-0.25, -0.2) is 0 Å². The first-order valence-corrected chi connectivity index (χ1v) is 7.36. The molecule has 0 spiro atoms. The Hall–Kier alpha value is -1.50. The van der Waals surface area contributed by atoms with Gasteiger partial charge in [0, 0.05) is 25.7 Å². The smallest absolute Gasteiger partial charge is 0.239 e. The van der Waals surface area contributed by atoms with E-state index < -0.39 is 0 Å². The number of nitrogens with zero attached hydrogens (tertiary/aromatic N) is 1. The number of thiocarbonyl (C=S) groups is 1. The van der Waals surface area contributed by atoms with Crippen LogP contribution >= 0.6 is 12.2 Å². The third-order valence-corrected chi connectivity index (χ3v) is 4.02. The normalized spacial score (nSPS) is 19.2. The van der Waals surface area contributed by atoms with Gasteiger partial charge in [-0.2, -0.15) is 0 Å². The van der Waals surface area contributed by atoms with Gasteiger partial charge >= 0.3 is 0 Å². The fourth-order valence-corrected chi connectivity index (χ4v) is 2.61. The van der Waals surface area contributed by atoms with Gasteiger partial charge in [0.2, 0.25) is 5.91 Å². The minimum absolute atomic E-state index is 0.00731. The van der Waals surface area contributed by atoms with Crippen molar-refractivity contribution in [2.45, 2.75) is 19.5 Å². The molecule has 2 rings (SSSR count). The Balaban J connectivity index is 2.15. The number of nitrogens with two attached hydrogens (primary N) is 1. The predicted molar refractivity (Wildman–Crippen MR) is 86.2 cm³/mol. The van der Waals surface area contributed by atoms with E-state index in [1.165, 1.54) is 5.56 Å². The molecule has 0 bridgehead atoms. The summed E-state index contributed by atoms with van der Waals surface area (Å²) in [6.45, 7) is 4.58. The Labute approximate surface area is 130 Å². The maximum absolute atomic E-state index is 11.9. The molecule has 5 nitrogen and oxygen atoms in total. The first kappa shape index (κ1) is 15.9. The number of carbonyl (C=O) groups is 1. The number of morpholine rings is 1. The summed E-state index contributed by atoms with van der Waals surface area (Å²) >= 11 is 4.99. The highest BCUT2D eigenvalue weighted by atomic mass is 32.1. The standard InChI is InChI=1S/C15H21N3O2S/c1-10-7-11(14(16)21)3-4-12(10)8-18-5-6-20-9-13(18)15(19)17-2/h3-4,7,13H,5-6,8-9H2,1-2H3,(H2,16,21)(H,17,19). The van der Waals surface area contributed by atoms with E-state index in [0.29, 0.717) is 24.7 Å². The Bertz CT molecular complexity index is 548. The summed E-state index contributed by atoms with van der Waals surface area (Å²) in [5, 5.41) is 2.69. The van der Waals surface area contributed by atoms with E-state index in [2.05, 4.69) is 10.2 Å². The van der Waals surface area contributed by atoms with Crippen molar-refractivity contribution in [3.63, 3.8) is 0 Å². The first-order valence-electron chi connectivity index (χ1n) is 6.95. The molecule has 0 aliphatic carbocycles. The average molecular weight is 307 g/mol. The molecule has 0 saturated carbocycles. The second kappa shape index (κ2) is 6.98.